The minimum Gasteiger partial charge on any atom is -0.396 e. The standard InChI is InChI=1S/C21H42O3/c1-2-3-4-5-6-7-8-9-10-11-12-13-14-15-16-17-20-24-21(23)18-19-22/h9-10,21-23H,2-8,11-20H2,1H3/b10-9-. The van der Waals surface area contributed by atoms with Gasteiger partial charge in [-0.2, -0.15) is 0 Å². The number of ether oxygens (including phenoxy) is 1. The molecule has 0 aliphatic carbocycles. The molecule has 0 amide bonds. The van der Waals surface area contributed by atoms with Gasteiger partial charge in [-0.25, -0.2) is 0 Å². The Kier molecular flexibility index (Phi) is 20.3. The Morgan fingerprint density at radius 1 is 0.750 bits per heavy atom. The van der Waals surface area contributed by atoms with E-state index >= 15 is 0 Å². The summed E-state index contributed by atoms with van der Waals surface area (Å²) in [6.45, 7) is 2.85. The van der Waals surface area contributed by atoms with Gasteiger partial charge in [0.1, 0.15) is 0 Å². The van der Waals surface area contributed by atoms with Crippen LogP contribution in [-0.4, -0.2) is 29.7 Å². The average molecular weight is 343 g/mol. The van der Waals surface area contributed by atoms with E-state index in [-0.39, 0.29) is 6.61 Å². The second-order valence-corrected chi connectivity index (χ2v) is 6.78. The second kappa shape index (κ2) is 20.7. The molecule has 0 bridgehead atoms. The Bertz CT molecular complexity index is 253. The van der Waals surface area contributed by atoms with Gasteiger partial charge in [0.25, 0.3) is 0 Å². The molecular formula is C21H42O3. The number of unbranched alkanes of at least 4 members (excludes halogenated alkanes) is 12. The maximum Gasteiger partial charge on any atom is 0.156 e. The third-order valence-corrected chi connectivity index (χ3v) is 4.34. The maximum atomic E-state index is 9.29. The summed E-state index contributed by atoms with van der Waals surface area (Å²) in [7, 11) is 0. The lowest BCUT2D eigenvalue weighted by molar-refractivity contribution is -0.109. The van der Waals surface area contributed by atoms with Crippen LogP contribution in [0.15, 0.2) is 12.2 Å². The fraction of sp³-hybridized carbons (Fsp3) is 0.905. The van der Waals surface area contributed by atoms with E-state index in [0.29, 0.717) is 13.0 Å². The van der Waals surface area contributed by atoms with Crippen LogP contribution in [-0.2, 0) is 4.74 Å². The van der Waals surface area contributed by atoms with Crippen molar-refractivity contribution < 1.29 is 14.9 Å². The van der Waals surface area contributed by atoms with Crippen molar-refractivity contribution in [2.75, 3.05) is 13.2 Å². The molecule has 2 N–H and O–H groups in total. The fourth-order valence-electron chi connectivity index (χ4n) is 2.76. The number of hydrogen-bond acceptors (Lipinski definition) is 3. The van der Waals surface area contributed by atoms with Crippen molar-refractivity contribution in [3.63, 3.8) is 0 Å². The van der Waals surface area contributed by atoms with Crippen molar-refractivity contribution in [3.05, 3.63) is 12.2 Å². The van der Waals surface area contributed by atoms with Crippen molar-refractivity contribution in [2.45, 2.75) is 110 Å². The quantitative estimate of drug-likeness (QED) is 0.179. The summed E-state index contributed by atoms with van der Waals surface area (Å²) in [5.74, 6) is 0. The van der Waals surface area contributed by atoms with E-state index < -0.39 is 6.29 Å². The first-order chi connectivity index (χ1) is 11.8. The van der Waals surface area contributed by atoms with Crippen molar-refractivity contribution in [1.29, 1.82) is 0 Å². The summed E-state index contributed by atoms with van der Waals surface area (Å²) in [5.41, 5.74) is 0. The first kappa shape index (κ1) is 23.6. The largest absolute Gasteiger partial charge is 0.396 e. The van der Waals surface area contributed by atoms with E-state index in [1.54, 1.807) is 0 Å². The summed E-state index contributed by atoms with van der Waals surface area (Å²) in [6, 6.07) is 0. The Hall–Kier alpha value is -0.380. The molecule has 0 aliphatic rings. The molecule has 0 radical (unpaired) electrons. The highest BCUT2D eigenvalue weighted by molar-refractivity contribution is 4.81. The van der Waals surface area contributed by atoms with E-state index in [1.807, 2.05) is 0 Å². The van der Waals surface area contributed by atoms with Gasteiger partial charge in [0.2, 0.25) is 0 Å². The molecule has 0 aromatic carbocycles. The van der Waals surface area contributed by atoms with Crippen LogP contribution < -0.4 is 0 Å². The molecule has 0 aromatic rings. The Labute approximate surface area is 150 Å². The molecule has 0 saturated carbocycles. The molecular weight excluding hydrogens is 300 g/mol. The SMILES string of the molecule is CCCCCCCC/C=C\CCCCCCCCOC(O)CCO. The van der Waals surface area contributed by atoms with Crippen LogP contribution in [0.2, 0.25) is 0 Å². The van der Waals surface area contributed by atoms with Gasteiger partial charge in [0.05, 0.1) is 0 Å². The van der Waals surface area contributed by atoms with Gasteiger partial charge >= 0.3 is 0 Å². The molecule has 1 unspecified atom stereocenters. The van der Waals surface area contributed by atoms with E-state index in [0.717, 1.165) is 6.42 Å². The van der Waals surface area contributed by atoms with Crippen LogP contribution in [0.1, 0.15) is 103 Å². The average Bonchev–Trinajstić information content (AvgIpc) is 2.58. The first-order valence-electron chi connectivity index (χ1n) is 10.4. The zero-order valence-electron chi connectivity index (χ0n) is 16.1. The molecule has 144 valence electrons. The Morgan fingerprint density at radius 3 is 1.79 bits per heavy atom. The van der Waals surface area contributed by atoms with Crippen LogP contribution in [0.25, 0.3) is 0 Å². The predicted molar refractivity (Wildman–Crippen MR) is 103 cm³/mol. The smallest absolute Gasteiger partial charge is 0.156 e. The summed E-state index contributed by atoms with van der Waals surface area (Å²) >= 11 is 0. The molecule has 3 heteroatoms. The molecule has 3 nitrogen and oxygen atoms in total. The monoisotopic (exact) mass is 342 g/mol. The van der Waals surface area contributed by atoms with Gasteiger partial charge in [0, 0.05) is 19.6 Å². The van der Waals surface area contributed by atoms with E-state index in [1.165, 1.54) is 83.5 Å². The summed E-state index contributed by atoms with van der Waals surface area (Å²) < 4.78 is 5.19. The van der Waals surface area contributed by atoms with Gasteiger partial charge < -0.3 is 14.9 Å². The van der Waals surface area contributed by atoms with Crippen molar-refractivity contribution in [3.8, 4) is 0 Å². The van der Waals surface area contributed by atoms with Crippen molar-refractivity contribution >= 4 is 0 Å². The van der Waals surface area contributed by atoms with Crippen LogP contribution >= 0.6 is 0 Å². The van der Waals surface area contributed by atoms with Crippen LogP contribution in [0, 0.1) is 0 Å². The van der Waals surface area contributed by atoms with Crippen LogP contribution in [0.4, 0.5) is 0 Å². The minimum absolute atomic E-state index is 0.0193. The molecule has 0 aliphatic heterocycles. The third kappa shape index (κ3) is 19.7. The highest BCUT2D eigenvalue weighted by Gasteiger charge is 2.01. The lowest BCUT2D eigenvalue weighted by Crippen LogP contribution is -2.14. The molecule has 1 atom stereocenters. The summed E-state index contributed by atoms with van der Waals surface area (Å²) in [6.07, 6.45) is 22.4. The summed E-state index contributed by atoms with van der Waals surface area (Å²) in [5, 5.41) is 17.9. The number of rotatable bonds is 19. The zero-order valence-corrected chi connectivity index (χ0v) is 16.1. The Morgan fingerprint density at radius 2 is 1.25 bits per heavy atom. The zero-order chi connectivity index (χ0) is 17.7. The lowest BCUT2D eigenvalue weighted by atomic mass is 10.1. The van der Waals surface area contributed by atoms with E-state index in [9.17, 15) is 5.11 Å². The fourth-order valence-corrected chi connectivity index (χ4v) is 2.76. The molecule has 0 rings (SSSR count). The van der Waals surface area contributed by atoms with Crippen molar-refractivity contribution in [2.24, 2.45) is 0 Å². The van der Waals surface area contributed by atoms with Crippen LogP contribution in [0.5, 0.6) is 0 Å². The normalized spacial score (nSPS) is 13.0. The molecule has 0 fully saturated rings. The summed E-state index contributed by atoms with van der Waals surface area (Å²) in [4.78, 5) is 0. The molecule has 0 heterocycles. The van der Waals surface area contributed by atoms with E-state index in [4.69, 9.17) is 9.84 Å². The van der Waals surface area contributed by atoms with Gasteiger partial charge in [0.15, 0.2) is 6.29 Å². The van der Waals surface area contributed by atoms with E-state index in [2.05, 4.69) is 19.1 Å². The van der Waals surface area contributed by atoms with Crippen LogP contribution in [0.3, 0.4) is 0 Å². The number of hydrogen-bond donors (Lipinski definition) is 2. The number of aliphatic hydroxyl groups excluding tert-OH is 2. The maximum absolute atomic E-state index is 9.29. The third-order valence-electron chi connectivity index (χ3n) is 4.34. The van der Waals surface area contributed by atoms with Gasteiger partial charge in [-0.3, -0.25) is 0 Å². The lowest BCUT2D eigenvalue weighted by Gasteiger charge is -2.09. The molecule has 24 heavy (non-hydrogen) atoms. The molecule has 0 saturated heterocycles. The van der Waals surface area contributed by atoms with Gasteiger partial charge in [-0.1, -0.05) is 76.9 Å². The van der Waals surface area contributed by atoms with Crippen molar-refractivity contribution in [1.82, 2.24) is 0 Å². The topological polar surface area (TPSA) is 49.7 Å². The number of aliphatic hydroxyl groups is 2. The molecule has 0 spiro atoms. The highest BCUT2D eigenvalue weighted by Crippen LogP contribution is 2.10. The predicted octanol–water partition coefficient (Wildman–Crippen LogP) is 5.74. The van der Waals surface area contributed by atoms with Gasteiger partial charge in [-0.05, 0) is 32.1 Å². The Balaban J connectivity index is 3.10. The number of allylic oxidation sites excluding steroid dienone is 2. The highest BCUT2D eigenvalue weighted by atomic mass is 16.6. The minimum atomic E-state index is -0.793. The first-order valence-corrected chi connectivity index (χ1v) is 10.4. The molecule has 0 aromatic heterocycles. The second-order valence-electron chi connectivity index (χ2n) is 6.78. The van der Waals surface area contributed by atoms with Gasteiger partial charge in [-0.15, -0.1) is 0 Å².